The van der Waals surface area contributed by atoms with Crippen molar-refractivity contribution in [3.63, 3.8) is 0 Å². The summed E-state index contributed by atoms with van der Waals surface area (Å²) >= 11 is 0. The average molecular weight is 544 g/mol. The van der Waals surface area contributed by atoms with Gasteiger partial charge in [0, 0.05) is 41.2 Å². The summed E-state index contributed by atoms with van der Waals surface area (Å²) < 4.78 is 11.2. The van der Waals surface area contributed by atoms with Crippen molar-refractivity contribution in [3.8, 4) is 17.0 Å². The number of amides is 1. The molecule has 1 N–H and O–H groups in total. The van der Waals surface area contributed by atoms with E-state index in [9.17, 15) is 9.90 Å². The molecule has 0 unspecified atom stereocenters. The van der Waals surface area contributed by atoms with Crippen LogP contribution in [-0.4, -0.2) is 40.7 Å². The lowest BCUT2D eigenvalue weighted by molar-refractivity contribution is -0.124. The molecule has 40 heavy (non-hydrogen) atoms. The maximum Gasteiger partial charge on any atom is 0.230 e. The number of aliphatic hydroxyl groups is 1. The second-order valence-corrected chi connectivity index (χ2v) is 12.1. The predicted molar refractivity (Wildman–Crippen MR) is 154 cm³/mol. The molecule has 3 aliphatic rings. The molecule has 2 aromatic heterocycles. The zero-order chi connectivity index (χ0) is 27.6. The first-order chi connectivity index (χ1) is 19.5. The highest BCUT2D eigenvalue weighted by molar-refractivity contribution is 5.95. The van der Waals surface area contributed by atoms with Crippen molar-refractivity contribution in [3.05, 3.63) is 59.9 Å². The summed E-state index contributed by atoms with van der Waals surface area (Å²) in [5.74, 6) is 3.15. The van der Waals surface area contributed by atoms with Gasteiger partial charge in [-0.3, -0.25) is 9.78 Å². The van der Waals surface area contributed by atoms with E-state index < -0.39 is 0 Å². The second kappa shape index (κ2) is 11.7. The Morgan fingerprint density at radius 3 is 2.42 bits per heavy atom. The topological polar surface area (TPSA) is 88.7 Å². The van der Waals surface area contributed by atoms with Crippen molar-refractivity contribution in [1.82, 2.24) is 9.97 Å². The highest BCUT2D eigenvalue weighted by Gasteiger charge is 2.33. The van der Waals surface area contributed by atoms with Crippen LogP contribution in [-0.2, 0) is 4.79 Å². The third kappa shape index (κ3) is 5.95. The summed E-state index contributed by atoms with van der Waals surface area (Å²) in [6, 6.07) is 12.4. The minimum absolute atomic E-state index is 0.0385. The van der Waals surface area contributed by atoms with E-state index in [1.165, 1.54) is 0 Å². The van der Waals surface area contributed by atoms with Gasteiger partial charge in [-0.2, -0.15) is 0 Å². The molecular weight excluding hydrogens is 502 g/mol. The Kier molecular flexibility index (Phi) is 7.92. The molecule has 0 atom stereocenters. The summed E-state index contributed by atoms with van der Waals surface area (Å²) in [6.45, 7) is 2.72. The van der Waals surface area contributed by atoms with Crippen molar-refractivity contribution < 1.29 is 19.1 Å². The minimum atomic E-state index is -0.279. The SMILES string of the molecule is COc1ccc(C2CCC(CN(C(=O)C3CCC(O)CC3)c3cccc(-c4coc(C5CC5)n4)c3)CC2)nc1C. The molecule has 7 nitrogen and oxygen atoms in total. The molecular formula is C33H41N3O4. The number of aryl methyl sites for hydroxylation is 1. The van der Waals surface area contributed by atoms with Crippen molar-refractivity contribution in [2.45, 2.75) is 89.1 Å². The van der Waals surface area contributed by atoms with Crippen LogP contribution in [0.25, 0.3) is 11.3 Å². The quantitative estimate of drug-likeness (QED) is 0.337. The molecule has 1 aromatic carbocycles. The molecule has 6 rings (SSSR count). The smallest absolute Gasteiger partial charge is 0.230 e. The number of nitrogens with zero attached hydrogens (tertiary/aromatic N) is 3. The number of hydrogen-bond acceptors (Lipinski definition) is 6. The largest absolute Gasteiger partial charge is 0.495 e. The van der Waals surface area contributed by atoms with Gasteiger partial charge < -0.3 is 19.2 Å². The zero-order valence-corrected chi connectivity index (χ0v) is 23.7. The van der Waals surface area contributed by atoms with Crippen molar-refractivity contribution in [1.29, 1.82) is 0 Å². The Morgan fingerprint density at radius 1 is 0.975 bits per heavy atom. The maximum atomic E-state index is 14.0. The number of rotatable bonds is 8. The molecule has 212 valence electrons. The minimum Gasteiger partial charge on any atom is -0.495 e. The summed E-state index contributed by atoms with van der Waals surface area (Å²) in [4.78, 5) is 25.6. The van der Waals surface area contributed by atoms with Crippen LogP contribution in [0.2, 0.25) is 0 Å². The van der Waals surface area contributed by atoms with Gasteiger partial charge in [-0.25, -0.2) is 4.98 Å². The fourth-order valence-electron chi connectivity index (χ4n) is 6.55. The highest BCUT2D eigenvalue weighted by atomic mass is 16.5. The predicted octanol–water partition coefficient (Wildman–Crippen LogP) is 6.79. The summed E-state index contributed by atoms with van der Waals surface area (Å²) in [7, 11) is 1.68. The van der Waals surface area contributed by atoms with Crippen molar-refractivity contribution >= 4 is 11.6 Å². The van der Waals surface area contributed by atoms with Crippen LogP contribution in [0, 0.1) is 18.8 Å². The van der Waals surface area contributed by atoms with E-state index in [2.05, 4.69) is 18.2 Å². The van der Waals surface area contributed by atoms with Crippen LogP contribution in [0.4, 0.5) is 5.69 Å². The molecule has 3 aromatic rings. The number of anilines is 1. The molecule has 1 amide bonds. The molecule has 2 heterocycles. The molecule has 0 saturated heterocycles. The van der Waals surface area contributed by atoms with Gasteiger partial charge in [-0.15, -0.1) is 0 Å². The van der Waals surface area contributed by atoms with Gasteiger partial charge in [-0.1, -0.05) is 12.1 Å². The Labute approximate surface area is 237 Å². The number of oxazole rings is 1. The maximum absolute atomic E-state index is 14.0. The van der Waals surface area contributed by atoms with E-state index >= 15 is 0 Å². The first kappa shape index (κ1) is 27.0. The second-order valence-electron chi connectivity index (χ2n) is 12.1. The number of ether oxygens (including phenoxy) is 1. The molecule has 3 saturated carbocycles. The number of methoxy groups -OCH3 is 1. The number of hydrogen-bond donors (Lipinski definition) is 1. The molecule has 7 heteroatoms. The van der Waals surface area contributed by atoms with E-state index in [4.69, 9.17) is 19.1 Å². The summed E-state index contributed by atoms with van der Waals surface area (Å²) in [5.41, 5.74) is 4.83. The third-order valence-corrected chi connectivity index (χ3v) is 9.20. The van der Waals surface area contributed by atoms with Gasteiger partial charge in [-0.05, 0) is 101 Å². The lowest BCUT2D eigenvalue weighted by atomic mass is 9.79. The number of benzene rings is 1. The van der Waals surface area contributed by atoms with Crippen LogP contribution < -0.4 is 9.64 Å². The number of carbonyl (C=O) groups excluding carboxylic acids is 1. The molecule has 0 radical (unpaired) electrons. The molecule has 3 fully saturated rings. The van der Waals surface area contributed by atoms with Crippen LogP contribution in [0.3, 0.4) is 0 Å². The number of aliphatic hydroxyl groups excluding tert-OH is 1. The molecule has 0 spiro atoms. The van der Waals surface area contributed by atoms with E-state index in [1.54, 1.807) is 13.4 Å². The van der Waals surface area contributed by atoms with Crippen LogP contribution >= 0.6 is 0 Å². The molecule has 0 bridgehead atoms. The Morgan fingerprint density at radius 2 is 1.73 bits per heavy atom. The lowest BCUT2D eigenvalue weighted by Gasteiger charge is -2.35. The lowest BCUT2D eigenvalue weighted by Crippen LogP contribution is -2.41. The fraction of sp³-hybridized carbons (Fsp3) is 0.545. The van der Waals surface area contributed by atoms with E-state index in [1.807, 2.05) is 30.0 Å². The van der Waals surface area contributed by atoms with Gasteiger partial charge in [0.05, 0.1) is 18.9 Å². The normalized spacial score (nSPS) is 25.0. The van der Waals surface area contributed by atoms with Gasteiger partial charge >= 0.3 is 0 Å². The van der Waals surface area contributed by atoms with Crippen LogP contribution in [0.5, 0.6) is 5.75 Å². The summed E-state index contributed by atoms with van der Waals surface area (Å²) in [5, 5.41) is 10.0. The Balaban J connectivity index is 1.19. The van der Waals surface area contributed by atoms with Crippen LogP contribution in [0.15, 0.2) is 47.1 Å². The number of carbonyl (C=O) groups is 1. The monoisotopic (exact) mass is 543 g/mol. The van der Waals surface area contributed by atoms with E-state index in [0.717, 1.165) is 97.9 Å². The molecule has 3 aliphatic carbocycles. The number of pyridine rings is 1. The highest BCUT2D eigenvalue weighted by Crippen LogP contribution is 2.41. The Hall–Kier alpha value is -3.19. The van der Waals surface area contributed by atoms with Gasteiger partial charge in [0.15, 0.2) is 5.89 Å². The average Bonchev–Trinajstić information content (AvgIpc) is 3.72. The zero-order valence-electron chi connectivity index (χ0n) is 23.7. The van der Waals surface area contributed by atoms with Gasteiger partial charge in [0.1, 0.15) is 17.7 Å². The third-order valence-electron chi connectivity index (χ3n) is 9.20. The van der Waals surface area contributed by atoms with Gasteiger partial charge in [0.2, 0.25) is 5.91 Å². The van der Waals surface area contributed by atoms with Crippen molar-refractivity contribution in [2.24, 2.45) is 11.8 Å². The first-order valence-electron chi connectivity index (χ1n) is 15.0. The fourth-order valence-corrected chi connectivity index (χ4v) is 6.55. The van der Waals surface area contributed by atoms with Crippen molar-refractivity contribution in [2.75, 3.05) is 18.6 Å². The summed E-state index contributed by atoms with van der Waals surface area (Å²) in [6.07, 6.45) is 10.9. The number of aromatic nitrogens is 2. The van der Waals surface area contributed by atoms with Gasteiger partial charge in [0.25, 0.3) is 0 Å². The van der Waals surface area contributed by atoms with E-state index in [0.29, 0.717) is 30.6 Å². The van der Waals surface area contributed by atoms with Crippen LogP contribution in [0.1, 0.15) is 93.3 Å². The van der Waals surface area contributed by atoms with E-state index in [-0.39, 0.29) is 17.9 Å². The molecule has 0 aliphatic heterocycles. The Bertz CT molecular complexity index is 1320. The first-order valence-corrected chi connectivity index (χ1v) is 15.0. The standard InChI is InChI=1S/C33H41N3O4/c1-21-31(39-2)17-16-29(34-21)23-8-6-22(7-9-23)19-36(33(38)25-12-14-28(37)15-13-25)27-5-3-4-26(18-27)30-20-40-32(35-30)24-10-11-24/h3-5,16-18,20,22-25,28,37H,6-15,19H2,1-2H3.